The Balaban J connectivity index is 2.18. The van der Waals surface area contributed by atoms with Crippen LogP contribution in [0.3, 0.4) is 0 Å². The molecule has 0 bridgehead atoms. The number of carbonyl (C=O) groups is 2. The zero-order valence-corrected chi connectivity index (χ0v) is 23.0. The number of ether oxygens (including phenoxy) is 1. The molecule has 0 aliphatic rings. The fraction of sp³-hybridized carbons (Fsp3) is 0.481. The lowest BCUT2D eigenvalue weighted by atomic mass is 10.1. The Hall–Kier alpha value is -3.07. The van der Waals surface area contributed by atoms with Gasteiger partial charge < -0.3 is 15.0 Å². The smallest absolute Gasteiger partial charge is 0.242 e. The van der Waals surface area contributed by atoms with E-state index in [2.05, 4.69) is 5.32 Å². The number of sulfonamides is 1. The van der Waals surface area contributed by atoms with Crippen LogP contribution in [-0.4, -0.2) is 57.6 Å². The Morgan fingerprint density at radius 2 is 1.67 bits per heavy atom. The average molecular weight is 518 g/mol. The summed E-state index contributed by atoms with van der Waals surface area (Å²) in [7, 11) is -2.12. The first kappa shape index (κ1) is 29.2. The van der Waals surface area contributed by atoms with Crippen LogP contribution in [-0.2, 0) is 26.2 Å². The van der Waals surface area contributed by atoms with Gasteiger partial charge in [0.25, 0.3) is 0 Å². The number of nitrogens with one attached hydrogen (secondary N) is 1. The number of para-hydroxylation sites is 2. The van der Waals surface area contributed by atoms with Crippen LogP contribution in [0.1, 0.15) is 44.7 Å². The van der Waals surface area contributed by atoms with E-state index in [9.17, 15) is 18.0 Å². The summed E-state index contributed by atoms with van der Waals surface area (Å²) < 4.78 is 31.6. The summed E-state index contributed by atoms with van der Waals surface area (Å²) >= 11 is 0. The van der Waals surface area contributed by atoms with E-state index in [1.807, 2.05) is 45.0 Å². The number of aryl methyl sites for hydroxylation is 1. The summed E-state index contributed by atoms with van der Waals surface area (Å²) in [6.45, 7) is 8.65. The van der Waals surface area contributed by atoms with Crippen LogP contribution in [0.5, 0.6) is 5.75 Å². The van der Waals surface area contributed by atoms with Crippen molar-refractivity contribution in [3.05, 3.63) is 59.7 Å². The van der Waals surface area contributed by atoms with Crippen LogP contribution in [0.15, 0.2) is 48.5 Å². The third-order valence-electron chi connectivity index (χ3n) is 5.83. The van der Waals surface area contributed by atoms with Gasteiger partial charge in [-0.1, -0.05) is 55.8 Å². The standard InChI is InChI=1S/C27H39N3O5S/c1-20(2)18-28-27(32)22(4)29(19-23-15-13-21(3)14-16-23)26(31)12-9-17-30(36(6,33)34)24-10-7-8-11-25(24)35-5/h7-8,10-11,13-16,20,22H,9,12,17-19H2,1-6H3,(H,28,32)/t22-/m0/s1. The molecule has 0 aliphatic carbocycles. The van der Waals surface area contributed by atoms with E-state index in [1.54, 1.807) is 36.1 Å². The van der Waals surface area contributed by atoms with Crippen LogP contribution in [0.25, 0.3) is 0 Å². The molecule has 2 aromatic carbocycles. The predicted molar refractivity (Wildman–Crippen MR) is 143 cm³/mol. The molecule has 2 amide bonds. The molecule has 0 fully saturated rings. The van der Waals surface area contributed by atoms with Crippen molar-refractivity contribution in [3.63, 3.8) is 0 Å². The second kappa shape index (κ2) is 13.3. The fourth-order valence-corrected chi connectivity index (χ4v) is 4.71. The molecular formula is C27H39N3O5S. The molecule has 0 saturated carbocycles. The Labute approximate surface area is 215 Å². The van der Waals surface area contributed by atoms with Gasteiger partial charge in [0.1, 0.15) is 11.8 Å². The highest BCUT2D eigenvalue weighted by molar-refractivity contribution is 7.92. The third-order valence-corrected chi connectivity index (χ3v) is 7.01. The number of methoxy groups -OCH3 is 1. The van der Waals surface area contributed by atoms with E-state index in [1.165, 1.54) is 11.4 Å². The lowest BCUT2D eigenvalue weighted by molar-refractivity contribution is -0.140. The van der Waals surface area contributed by atoms with Crippen molar-refractivity contribution in [2.24, 2.45) is 5.92 Å². The minimum Gasteiger partial charge on any atom is -0.495 e. The maximum atomic E-state index is 13.3. The largest absolute Gasteiger partial charge is 0.495 e. The van der Waals surface area contributed by atoms with Gasteiger partial charge in [0.2, 0.25) is 21.8 Å². The number of nitrogens with zero attached hydrogens (tertiary/aromatic N) is 2. The summed E-state index contributed by atoms with van der Waals surface area (Å²) in [5.41, 5.74) is 2.45. The zero-order chi connectivity index (χ0) is 26.9. The van der Waals surface area contributed by atoms with Crippen molar-refractivity contribution >= 4 is 27.5 Å². The normalized spacial score (nSPS) is 12.2. The Kier molecular flexibility index (Phi) is 10.8. The van der Waals surface area contributed by atoms with Gasteiger partial charge in [0.05, 0.1) is 19.1 Å². The first-order chi connectivity index (χ1) is 16.9. The summed E-state index contributed by atoms with van der Waals surface area (Å²) in [5.74, 6) is 0.303. The number of amides is 2. The monoisotopic (exact) mass is 517 g/mol. The Morgan fingerprint density at radius 1 is 1.03 bits per heavy atom. The first-order valence-electron chi connectivity index (χ1n) is 12.2. The third kappa shape index (κ3) is 8.55. The Morgan fingerprint density at radius 3 is 2.25 bits per heavy atom. The number of rotatable bonds is 13. The molecule has 1 N–H and O–H groups in total. The van der Waals surface area contributed by atoms with Crippen LogP contribution in [0, 0.1) is 12.8 Å². The minimum absolute atomic E-state index is 0.0921. The van der Waals surface area contributed by atoms with E-state index in [0.29, 0.717) is 23.9 Å². The molecule has 198 valence electrons. The van der Waals surface area contributed by atoms with Gasteiger partial charge in [-0.15, -0.1) is 0 Å². The van der Waals surface area contributed by atoms with Gasteiger partial charge >= 0.3 is 0 Å². The molecule has 0 radical (unpaired) electrons. The maximum absolute atomic E-state index is 13.3. The summed E-state index contributed by atoms with van der Waals surface area (Å²) in [6.07, 6.45) is 1.51. The van der Waals surface area contributed by atoms with E-state index >= 15 is 0 Å². The van der Waals surface area contributed by atoms with Crippen LogP contribution < -0.4 is 14.4 Å². The molecule has 36 heavy (non-hydrogen) atoms. The van der Waals surface area contributed by atoms with Crippen LogP contribution in [0.2, 0.25) is 0 Å². The van der Waals surface area contributed by atoms with E-state index in [-0.39, 0.29) is 37.7 Å². The van der Waals surface area contributed by atoms with Gasteiger partial charge in [0.15, 0.2) is 0 Å². The summed E-state index contributed by atoms with van der Waals surface area (Å²) in [5, 5.41) is 2.91. The topological polar surface area (TPSA) is 96.0 Å². The minimum atomic E-state index is -3.60. The van der Waals surface area contributed by atoms with Crippen molar-refractivity contribution in [1.29, 1.82) is 0 Å². The van der Waals surface area contributed by atoms with Gasteiger partial charge in [-0.3, -0.25) is 13.9 Å². The van der Waals surface area contributed by atoms with E-state index < -0.39 is 16.1 Å². The number of anilines is 1. The van der Waals surface area contributed by atoms with E-state index in [0.717, 1.165) is 17.4 Å². The molecule has 0 saturated heterocycles. The lowest BCUT2D eigenvalue weighted by Gasteiger charge is -2.30. The fourth-order valence-electron chi connectivity index (χ4n) is 3.74. The first-order valence-corrected chi connectivity index (χ1v) is 14.0. The molecule has 0 unspecified atom stereocenters. The van der Waals surface area contributed by atoms with Crippen molar-refractivity contribution in [2.75, 3.05) is 30.8 Å². The predicted octanol–water partition coefficient (Wildman–Crippen LogP) is 3.74. The quantitative estimate of drug-likeness (QED) is 0.437. The molecule has 0 heterocycles. The summed E-state index contributed by atoms with van der Waals surface area (Å²) in [4.78, 5) is 27.7. The molecule has 0 spiro atoms. The molecule has 1 atom stereocenters. The molecule has 8 nitrogen and oxygen atoms in total. The van der Waals surface area contributed by atoms with Crippen LogP contribution in [0.4, 0.5) is 5.69 Å². The molecule has 9 heteroatoms. The molecular weight excluding hydrogens is 478 g/mol. The molecule has 0 aliphatic heterocycles. The summed E-state index contributed by atoms with van der Waals surface area (Å²) in [6, 6.07) is 14.0. The second-order valence-electron chi connectivity index (χ2n) is 9.43. The SMILES string of the molecule is COc1ccccc1N(CCCC(=O)N(Cc1ccc(C)cc1)[C@@H](C)C(=O)NCC(C)C)S(C)(=O)=O. The Bertz CT molecular complexity index is 1120. The number of hydrogen-bond donors (Lipinski definition) is 1. The lowest BCUT2D eigenvalue weighted by Crippen LogP contribution is -2.48. The van der Waals surface area contributed by atoms with Gasteiger partial charge in [-0.2, -0.15) is 0 Å². The van der Waals surface area contributed by atoms with Gasteiger partial charge in [-0.05, 0) is 43.9 Å². The van der Waals surface area contributed by atoms with Crippen molar-refractivity contribution < 1.29 is 22.7 Å². The number of carbonyl (C=O) groups excluding carboxylic acids is 2. The van der Waals surface area contributed by atoms with Crippen molar-refractivity contribution in [2.45, 2.75) is 53.1 Å². The van der Waals surface area contributed by atoms with Crippen molar-refractivity contribution in [3.8, 4) is 5.75 Å². The maximum Gasteiger partial charge on any atom is 0.242 e. The zero-order valence-electron chi connectivity index (χ0n) is 22.2. The highest BCUT2D eigenvalue weighted by Crippen LogP contribution is 2.29. The highest BCUT2D eigenvalue weighted by Gasteiger charge is 2.27. The second-order valence-corrected chi connectivity index (χ2v) is 11.3. The van der Waals surface area contributed by atoms with E-state index in [4.69, 9.17) is 4.74 Å². The van der Waals surface area contributed by atoms with Gasteiger partial charge in [-0.25, -0.2) is 8.42 Å². The van der Waals surface area contributed by atoms with Crippen molar-refractivity contribution in [1.82, 2.24) is 10.2 Å². The van der Waals surface area contributed by atoms with Gasteiger partial charge in [0, 0.05) is 26.1 Å². The molecule has 2 rings (SSSR count). The molecule has 2 aromatic rings. The molecule has 0 aromatic heterocycles. The van der Waals surface area contributed by atoms with Crippen LogP contribution >= 0.6 is 0 Å². The number of hydrogen-bond acceptors (Lipinski definition) is 5. The average Bonchev–Trinajstić information content (AvgIpc) is 2.83. The highest BCUT2D eigenvalue weighted by atomic mass is 32.2. The number of benzene rings is 2.